The molecule has 1 fully saturated rings. The number of ether oxygens (including phenoxy) is 2. The molecule has 4 rings (SSSR count). The lowest BCUT2D eigenvalue weighted by Crippen LogP contribution is -2.42. The molecule has 0 bridgehead atoms. The van der Waals surface area contributed by atoms with Crippen LogP contribution in [0.5, 0.6) is 5.75 Å². The van der Waals surface area contributed by atoms with Gasteiger partial charge in [0.25, 0.3) is 0 Å². The van der Waals surface area contributed by atoms with Crippen molar-refractivity contribution in [3.05, 3.63) is 77.9 Å². The van der Waals surface area contributed by atoms with Crippen molar-refractivity contribution in [1.82, 2.24) is 4.90 Å². The van der Waals surface area contributed by atoms with Gasteiger partial charge in [0.1, 0.15) is 18.5 Å². The summed E-state index contributed by atoms with van der Waals surface area (Å²) >= 11 is 0. The first kappa shape index (κ1) is 21.5. The third kappa shape index (κ3) is 5.91. The highest BCUT2D eigenvalue weighted by Gasteiger charge is 2.15. The Balaban J connectivity index is 1.27. The molecule has 1 N–H and O–H groups in total. The second kappa shape index (κ2) is 10.5. The molecular weight excluding hydrogens is 390 g/mol. The Labute approximate surface area is 183 Å². The third-order valence-corrected chi connectivity index (χ3v) is 5.69. The lowest BCUT2D eigenvalue weighted by atomic mass is 9.98. The molecule has 0 aromatic heterocycles. The lowest BCUT2D eigenvalue weighted by molar-refractivity contribution is 0.00465. The molecule has 0 radical (unpaired) electrons. The fourth-order valence-electron chi connectivity index (χ4n) is 3.97. The van der Waals surface area contributed by atoms with Crippen molar-refractivity contribution in [3.8, 4) is 5.75 Å². The molecule has 1 aliphatic heterocycles. The van der Waals surface area contributed by atoms with Crippen LogP contribution in [-0.4, -0.2) is 61.3 Å². The minimum absolute atomic E-state index is 0.117. The number of aliphatic hydroxyl groups is 1. The van der Waals surface area contributed by atoms with Crippen LogP contribution in [0.1, 0.15) is 22.3 Å². The molecule has 5 nitrogen and oxygen atoms in total. The van der Waals surface area contributed by atoms with Gasteiger partial charge in [0.15, 0.2) is 5.78 Å². The van der Waals surface area contributed by atoms with Gasteiger partial charge in [-0.1, -0.05) is 42.5 Å². The summed E-state index contributed by atoms with van der Waals surface area (Å²) < 4.78 is 11.0. The summed E-state index contributed by atoms with van der Waals surface area (Å²) in [7, 11) is 0. The van der Waals surface area contributed by atoms with Crippen LogP contribution in [0.25, 0.3) is 10.8 Å². The maximum atomic E-state index is 12.7. The van der Waals surface area contributed by atoms with Crippen molar-refractivity contribution in [3.63, 3.8) is 0 Å². The number of fused-ring (bicyclic) bond motifs is 1. The van der Waals surface area contributed by atoms with Crippen LogP contribution in [0.3, 0.4) is 0 Å². The van der Waals surface area contributed by atoms with Gasteiger partial charge < -0.3 is 14.6 Å². The summed E-state index contributed by atoms with van der Waals surface area (Å²) in [6, 6.07) is 21.7. The summed E-state index contributed by atoms with van der Waals surface area (Å²) in [5, 5.41) is 12.6. The standard InChI is InChI=1S/C26H29NO4/c28-23(18-27-14-16-30-17-15-27)19-31-24-11-8-22(9-12-24)26(29)13-10-21-6-3-5-20-4-1-2-7-25(20)21/h1-9,11-12,23,28H,10,13-19H2/t23-/m1/s1. The first-order valence-corrected chi connectivity index (χ1v) is 10.9. The number of nitrogens with zero attached hydrogens (tertiary/aromatic N) is 1. The average molecular weight is 420 g/mol. The molecular formula is C26H29NO4. The van der Waals surface area contributed by atoms with E-state index < -0.39 is 6.10 Å². The number of rotatable bonds is 9. The number of hydrogen-bond donors (Lipinski definition) is 1. The van der Waals surface area contributed by atoms with Gasteiger partial charge in [-0.15, -0.1) is 0 Å². The summed E-state index contributed by atoms with van der Waals surface area (Å²) in [6.45, 7) is 3.91. The SMILES string of the molecule is O=C(CCc1cccc2ccccc12)c1ccc(OC[C@H](O)CN2CCOCC2)cc1. The number of ketones is 1. The number of β-amino-alcohol motifs (C(OH)–C–C–N with tert-alkyl or cyclic N) is 1. The first-order chi connectivity index (χ1) is 15.2. The molecule has 1 saturated heterocycles. The Hall–Kier alpha value is -2.73. The van der Waals surface area contributed by atoms with Gasteiger partial charge in [-0.25, -0.2) is 0 Å². The van der Waals surface area contributed by atoms with E-state index in [1.54, 1.807) is 24.3 Å². The molecule has 0 amide bonds. The third-order valence-electron chi connectivity index (χ3n) is 5.69. The van der Waals surface area contributed by atoms with Crippen molar-refractivity contribution >= 4 is 16.6 Å². The number of benzene rings is 3. The zero-order valence-electron chi connectivity index (χ0n) is 17.7. The predicted molar refractivity (Wildman–Crippen MR) is 122 cm³/mol. The highest BCUT2D eigenvalue weighted by Crippen LogP contribution is 2.21. The molecule has 3 aromatic carbocycles. The minimum atomic E-state index is -0.555. The monoisotopic (exact) mass is 419 g/mol. The van der Waals surface area contributed by atoms with Crippen LogP contribution in [0.2, 0.25) is 0 Å². The highest BCUT2D eigenvalue weighted by molar-refractivity contribution is 5.96. The highest BCUT2D eigenvalue weighted by atomic mass is 16.5. The molecule has 1 heterocycles. The van der Waals surface area contributed by atoms with E-state index in [0.717, 1.165) is 13.1 Å². The van der Waals surface area contributed by atoms with Crippen LogP contribution >= 0.6 is 0 Å². The molecule has 3 aromatic rings. The fraction of sp³-hybridized carbons (Fsp3) is 0.346. The van der Waals surface area contributed by atoms with Crippen molar-refractivity contribution in [2.45, 2.75) is 18.9 Å². The Kier molecular flexibility index (Phi) is 7.30. The Morgan fingerprint density at radius 3 is 2.55 bits per heavy atom. The van der Waals surface area contributed by atoms with Crippen molar-refractivity contribution in [2.24, 2.45) is 0 Å². The van der Waals surface area contributed by atoms with Gasteiger partial charge in [0, 0.05) is 31.6 Å². The summed E-state index contributed by atoms with van der Waals surface area (Å²) in [6.07, 6.45) is 0.624. The smallest absolute Gasteiger partial charge is 0.163 e. The molecule has 1 aliphatic rings. The van der Waals surface area contributed by atoms with Gasteiger partial charge in [0.2, 0.25) is 0 Å². The van der Waals surface area contributed by atoms with Gasteiger partial charge in [-0.05, 0) is 47.0 Å². The minimum Gasteiger partial charge on any atom is -0.491 e. The molecule has 1 atom stereocenters. The second-order valence-electron chi connectivity index (χ2n) is 7.96. The summed E-state index contributed by atoms with van der Waals surface area (Å²) in [5.74, 6) is 0.776. The molecule has 0 unspecified atom stereocenters. The largest absolute Gasteiger partial charge is 0.491 e. The molecule has 5 heteroatoms. The van der Waals surface area contributed by atoms with E-state index in [-0.39, 0.29) is 12.4 Å². The fourth-order valence-corrected chi connectivity index (χ4v) is 3.97. The number of aliphatic hydroxyl groups excluding tert-OH is 1. The van der Waals surface area contributed by atoms with Crippen LogP contribution < -0.4 is 4.74 Å². The number of hydrogen-bond acceptors (Lipinski definition) is 5. The number of morpholine rings is 1. The van der Waals surface area contributed by atoms with E-state index in [0.29, 0.717) is 43.9 Å². The van der Waals surface area contributed by atoms with Crippen LogP contribution in [0.4, 0.5) is 0 Å². The van der Waals surface area contributed by atoms with E-state index in [2.05, 4.69) is 29.2 Å². The molecule has 162 valence electrons. The number of Topliss-reactive ketones (excluding diaryl/α,β-unsaturated/α-hetero) is 1. The Morgan fingerprint density at radius 2 is 1.74 bits per heavy atom. The van der Waals surface area contributed by atoms with Crippen LogP contribution in [-0.2, 0) is 11.2 Å². The molecule has 0 spiro atoms. The average Bonchev–Trinajstić information content (AvgIpc) is 2.82. The van der Waals surface area contributed by atoms with Gasteiger partial charge in [-0.3, -0.25) is 9.69 Å². The zero-order valence-corrected chi connectivity index (χ0v) is 17.7. The maximum Gasteiger partial charge on any atom is 0.163 e. The first-order valence-electron chi connectivity index (χ1n) is 10.9. The lowest BCUT2D eigenvalue weighted by Gasteiger charge is -2.28. The topological polar surface area (TPSA) is 59.0 Å². The summed E-state index contributed by atoms with van der Waals surface area (Å²) in [4.78, 5) is 14.8. The van der Waals surface area contributed by atoms with Crippen LogP contribution in [0.15, 0.2) is 66.7 Å². The number of aryl methyl sites for hydroxylation is 1. The Morgan fingerprint density at radius 1 is 1.00 bits per heavy atom. The maximum absolute atomic E-state index is 12.7. The van der Waals surface area contributed by atoms with Crippen molar-refractivity contribution in [1.29, 1.82) is 0 Å². The van der Waals surface area contributed by atoms with Gasteiger partial charge >= 0.3 is 0 Å². The predicted octanol–water partition coefficient (Wildman–Crippen LogP) is 3.73. The van der Waals surface area contributed by atoms with E-state index in [4.69, 9.17) is 9.47 Å². The molecule has 0 aliphatic carbocycles. The number of carbonyl (C=O) groups excluding carboxylic acids is 1. The van der Waals surface area contributed by atoms with Crippen LogP contribution in [0, 0.1) is 0 Å². The normalized spacial score (nSPS) is 15.6. The van der Waals surface area contributed by atoms with Crippen molar-refractivity contribution < 1.29 is 19.4 Å². The second-order valence-corrected chi connectivity index (χ2v) is 7.96. The van der Waals surface area contributed by atoms with E-state index in [9.17, 15) is 9.90 Å². The van der Waals surface area contributed by atoms with Crippen molar-refractivity contribution in [2.75, 3.05) is 39.5 Å². The van der Waals surface area contributed by atoms with E-state index in [1.165, 1.54) is 16.3 Å². The number of carbonyl (C=O) groups is 1. The molecule has 31 heavy (non-hydrogen) atoms. The van der Waals surface area contributed by atoms with Gasteiger partial charge in [0.05, 0.1) is 13.2 Å². The van der Waals surface area contributed by atoms with E-state index in [1.807, 2.05) is 18.2 Å². The Bertz CT molecular complexity index is 990. The quantitative estimate of drug-likeness (QED) is 0.536. The zero-order chi connectivity index (χ0) is 21.5. The summed E-state index contributed by atoms with van der Waals surface area (Å²) in [5.41, 5.74) is 1.88. The molecule has 0 saturated carbocycles. The van der Waals surface area contributed by atoms with Gasteiger partial charge in [-0.2, -0.15) is 0 Å². The van der Waals surface area contributed by atoms with E-state index >= 15 is 0 Å².